The Morgan fingerprint density at radius 3 is 0.611 bits per heavy atom. The first-order valence-corrected chi connectivity index (χ1v) is 45.0. The van der Waals surface area contributed by atoms with Gasteiger partial charge in [0.2, 0.25) is 17.7 Å². The standard InChI is InChI=1S/C47H93N11O47P8/c1-48-33(59)30(8-2-5-15-49-36(62)98-22-25-101-39(65)52-18-11-44(70,106(74,75)76)107(77,78)79)56-34(60)31(9-3-6-16-50-37(63)99-23-26-102-40(66)53-19-12-45(71,108(80,81)82)109(83,84)85)57-35(61)32(58-43(69)105-29-28-104-42(68)55-21-14-47(73,112(92,93)94)113(95,96)97)10-4-7-17-51-38(64)100-24-27-103-41(67)54-20-13-46(72,110(86,87)88)111(89,90)91/h30-32,70-73H,2-29H2,1H3,(H,48,59)(H,49,62)(H,50,63)(H,51,64)(H,52,65)(H,53,66)(H,54,67)(H,55,68)(H,56,60)(H,57,61)(H,58,69)(H2,74,75,76)(H2,77,78,79)(H2,80,81,82)(H2,83,84,85)(H2,86,87,88)(H2,89,90,91)(H2,92,93,94)(H2,95,96,97). The summed E-state index contributed by atoms with van der Waals surface area (Å²) in [7, 11) is -45.8. The van der Waals surface area contributed by atoms with E-state index in [0.717, 1.165) is 0 Å². The molecule has 3 unspecified atom stereocenters. The topological polar surface area (TPSA) is 935 Å². The van der Waals surface area contributed by atoms with Gasteiger partial charge in [-0.15, -0.1) is 0 Å². The van der Waals surface area contributed by atoms with Crippen LogP contribution in [0.25, 0.3) is 0 Å². The van der Waals surface area contributed by atoms with Gasteiger partial charge in [-0.1, -0.05) is 0 Å². The fourth-order valence-corrected chi connectivity index (χ4v) is 17.0. The Bertz CT molecular complexity index is 3490. The van der Waals surface area contributed by atoms with Gasteiger partial charge in [-0.25, -0.2) is 38.4 Å². The average molecular weight is 1810 g/mol. The van der Waals surface area contributed by atoms with E-state index in [9.17, 15) is 188 Å². The van der Waals surface area contributed by atoms with Gasteiger partial charge in [-0.05, 0) is 57.8 Å². The summed E-state index contributed by atoms with van der Waals surface area (Å²) in [5.74, 6) is -3.05. The van der Waals surface area contributed by atoms with Crippen molar-refractivity contribution in [2.75, 3.05) is 106 Å². The molecule has 0 saturated carbocycles. The van der Waals surface area contributed by atoms with E-state index >= 15 is 0 Å². The van der Waals surface area contributed by atoms with E-state index in [4.69, 9.17) is 23.7 Å². The highest BCUT2D eigenvalue weighted by atomic mass is 31.3. The molecule has 58 nitrogen and oxygen atoms in total. The quantitative estimate of drug-likeness (QED) is 0.0153. The molecule has 113 heavy (non-hydrogen) atoms. The Labute approximate surface area is 637 Å². The van der Waals surface area contributed by atoms with Crippen LogP contribution in [0.15, 0.2) is 0 Å². The van der Waals surface area contributed by atoms with Crippen molar-refractivity contribution in [3.8, 4) is 0 Å². The molecule has 11 amide bonds. The third-order valence-corrected chi connectivity index (χ3v) is 30.0. The van der Waals surface area contributed by atoms with Crippen molar-refractivity contribution >= 4 is 127 Å². The molecule has 658 valence electrons. The van der Waals surface area contributed by atoms with E-state index in [0.29, 0.717) is 0 Å². The van der Waals surface area contributed by atoms with Gasteiger partial charge in [0, 0.05) is 78.5 Å². The van der Waals surface area contributed by atoms with Crippen molar-refractivity contribution in [3.63, 3.8) is 0 Å². The van der Waals surface area contributed by atoms with Crippen LogP contribution in [0, 0.1) is 0 Å². The number of hydrogen-bond donors (Lipinski definition) is 31. The molecule has 0 aliphatic carbocycles. The lowest BCUT2D eigenvalue weighted by Crippen LogP contribution is -2.56. The van der Waals surface area contributed by atoms with Gasteiger partial charge in [0.25, 0.3) is 20.3 Å². The number of carbonyl (C=O) groups is 11. The number of likely N-dealkylation sites (N-methyl/N-ethyl adjacent to an activating group) is 1. The zero-order chi connectivity index (χ0) is 87.3. The molecular weight excluding hydrogens is 1720 g/mol. The largest absolute Gasteiger partial charge is 0.446 e. The van der Waals surface area contributed by atoms with Gasteiger partial charge in [0.05, 0.1) is 0 Å². The molecule has 0 saturated heterocycles. The molecule has 66 heteroatoms. The second kappa shape index (κ2) is 48.3. The van der Waals surface area contributed by atoms with Crippen molar-refractivity contribution in [3.05, 3.63) is 0 Å². The number of alkyl carbamates (subject to hydrolysis) is 8. The maximum atomic E-state index is 14.2. The lowest BCUT2D eigenvalue weighted by atomic mass is 10.0. The van der Waals surface area contributed by atoms with Crippen LogP contribution in [0.3, 0.4) is 0 Å². The Morgan fingerprint density at radius 2 is 0.425 bits per heavy atom. The highest BCUT2D eigenvalue weighted by molar-refractivity contribution is 7.73. The normalized spacial score (nSPS) is 13.5. The van der Waals surface area contributed by atoms with Crippen molar-refractivity contribution in [1.29, 1.82) is 0 Å². The van der Waals surface area contributed by atoms with Crippen molar-refractivity contribution in [2.45, 2.75) is 122 Å². The second-order valence-corrected chi connectivity index (χ2v) is 39.0. The summed E-state index contributed by atoms with van der Waals surface area (Å²) in [5, 5.41) is 48.0. The highest BCUT2D eigenvalue weighted by Gasteiger charge is 2.62. The first-order valence-electron chi connectivity index (χ1n) is 32.1. The summed E-state index contributed by atoms with van der Waals surface area (Å²) in [6.07, 6.45) is -16.9. The summed E-state index contributed by atoms with van der Waals surface area (Å²) in [4.78, 5) is 288. The van der Waals surface area contributed by atoms with E-state index in [1.54, 1.807) is 0 Å². The number of nitrogens with one attached hydrogen (secondary N) is 11. The Morgan fingerprint density at radius 1 is 0.257 bits per heavy atom. The van der Waals surface area contributed by atoms with Crippen LogP contribution in [0.4, 0.5) is 38.4 Å². The third-order valence-electron chi connectivity index (χ3n) is 14.5. The number of rotatable bonds is 53. The zero-order valence-electron chi connectivity index (χ0n) is 59.1. The van der Waals surface area contributed by atoms with Crippen LogP contribution in [0.1, 0.15) is 83.5 Å². The van der Waals surface area contributed by atoms with Gasteiger partial charge >= 0.3 is 110 Å². The summed E-state index contributed by atoms with van der Waals surface area (Å²) in [6.45, 7) is -10.1. The van der Waals surface area contributed by atoms with Gasteiger partial charge in [-0.3, -0.25) is 50.9 Å². The molecule has 31 N–H and O–H groups in total. The highest BCUT2D eigenvalue weighted by Crippen LogP contribution is 2.71. The monoisotopic (exact) mass is 1810 g/mol. The Kier molecular flexibility index (Phi) is 45.6. The first-order chi connectivity index (χ1) is 51.7. The van der Waals surface area contributed by atoms with Crippen LogP contribution < -0.4 is 58.5 Å². The number of unbranched alkanes of at least 4 members (excludes halogenated alkanes) is 3. The fourth-order valence-electron chi connectivity index (χ4n) is 8.31. The molecule has 0 rings (SSSR count). The van der Waals surface area contributed by atoms with E-state index < -0.39 is 277 Å². The number of hydrogen-bond acceptors (Lipinski definition) is 31. The number of ether oxygens (including phenoxy) is 8. The molecule has 0 heterocycles. The Hall–Kier alpha value is -6.39. The molecule has 0 aromatic carbocycles. The molecule has 3 atom stereocenters. The van der Waals surface area contributed by atoms with Crippen LogP contribution in [0.2, 0.25) is 0 Å². The first kappa shape index (κ1) is 107. The summed E-state index contributed by atoms with van der Waals surface area (Å²) >= 11 is 0. The maximum Gasteiger partial charge on any atom is 0.407 e. The lowest BCUT2D eigenvalue weighted by molar-refractivity contribution is -0.132. The maximum absolute atomic E-state index is 14.2. The minimum atomic E-state index is -5.93. The van der Waals surface area contributed by atoms with E-state index in [1.165, 1.54) is 7.05 Å². The predicted octanol–water partition coefficient (Wildman–Crippen LogP) is -6.04. The molecule has 0 aliphatic rings. The molecular formula is C47H93N11O47P8. The molecule has 0 bridgehead atoms. The fraction of sp³-hybridized carbons (Fsp3) is 0.766. The van der Waals surface area contributed by atoms with E-state index in [-0.39, 0.29) is 71.0 Å². The molecule has 0 spiro atoms. The minimum absolute atomic E-state index is 0.0366. The van der Waals surface area contributed by atoms with Crippen molar-refractivity contribution in [2.24, 2.45) is 0 Å². The van der Waals surface area contributed by atoms with Crippen LogP contribution in [0.5, 0.6) is 0 Å². The average Bonchev–Trinajstić information content (AvgIpc) is 0.795. The Balaban J connectivity index is 6.45. The smallest absolute Gasteiger partial charge is 0.407 e. The van der Waals surface area contributed by atoms with Crippen molar-refractivity contribution in [1.82, 2.24) is 58.5 Å². The molecule has 0 fully saturated rings. The van der Waals surface area contributed by atoms with Gasteiger partial charge in [0.1, 0.15) is 71.0 Å². The second-order valence-electron chi connectivity index (χ2n) is 22.9. The van der Waals surface area contributed by atoms with E-state index in [2.05, 4.69) is 51.4 Å². The number of amides is 11. The third kappa shape index (κ3) is 38.5. The predicted molar refractivity (Wildman–Crippen MR) is 368 cm³/mol. The summed E-state index contributed by atoms with van der Waals surface area (Å²) in [5.41, 5.74) is 0. The molecule has 0 aromatic rings. The molecule has 0 aliphatic heterocycles. The van der Waals surface area contributed by atoms with Crippen LogP contribution in [-0.2, 0) is 88.8 Å². The lowest BCUT2D eigenvalue weighted by Gasteiger charge is -2.29. The number of aliphatic hydroxyl groups is 4. The molecule has 0 radical (unpaired) electrons. The van der Waals surface area contributed by atoms with E-state index in [1.807, 2.05) is 21.3 Å². The summed E-state index contributed by atoms with van der Waals surface area (Å²) in [6, 6.07) is -4.81. The summed E-state index contributed by atoms with van der Waals surface area (Å²) < 4.78 is 131. The van der Waals surface area contributed by atoms with Gasteiger partial charge in [0.15, 0.2) is 0 Å². The number of carbonyl (C=O) groups excluding carboxylic acids is 11. The molecule has 0 aromatic heterocycles. The zero-order valence-corrected chi connectivity index (χ0v) is 66.2. The van der Waals surface area contributed by atoms with Crippen LogP contribution >= 0.6 is 60.8 Å². The SMILES string of the molecule is CNC(=O)C(CCCCNC(=O)OCCOC(=O)NCCC(O)(P(=O)(O)O)P(=O)(O)O)NC(=O)C(CCCCNC(=O)OCCOC(=O)NCCC(O)(P(=O)(O)O)P(=O)(O)O)NC(=O)C(CCCCNC(=O)OCCOC(=O)NCCC(O)(P(=O)(O)O)P(=O)(O)O)NC(=O)OCCOC(=O)NCCC(O)(P(=O)(O)O)P(=O)(O)O. The van der Waals surface area contributed by atoms with Crippen LogP contribution in [-0.4, -0.2) is 309 Å². The van der Waals surface area contributed by atoms with Gasteiger partial charge < -0.3 is 195 Å². The van der Waals surface area contributed by atoms with Crippen molar-refractivity contribution < 1.29 is 226 Å². The van der Waals surface area contributed by atoms with Gasteiger partial charge in [-0.2, -0.15) is 0 Å². The minimum Gasteiger partial charge on any atom is -0.446 e.